The van der Waals surface area contributed by atoms with E-state index in [0.717, 1.165) is 44.0 Å². The molecule has 8 heteroatoms. The van der Waals surface area contributed by atoms with Gasteiger partial charge in [0.1, 0.15) is 11.6 Å². The number of likely N-dealkylation sites (N-methyl/N-ethyl adjacent to an activating group) is 1. The van der Waals surface area contributed by atoms with Crippen molar-refractivity contribution in [3.63, 3.8) is 0 Å². The molecule has 0 unspecified atom stereocenters. The summed E-state index contributed by atoms with van der Waals surface area (Å²) in [5.74, 6) is 0.328. The zero-order valence-electron chi connectivity index (χ0n) is 17.8. The van der Waals surface area contributed by atoms with Gasteiger partial charge in [0.25, 0.3) is 0 Å². The summed E-state index contributed by atoms with van der Waals surface area (Å²) in [7, 11) is 0. The van der Waals surface area contributed by atoms with Crippen LogP contribution in [0.2, 0.25) is 0 Å². The summed E-state index contributed by atoms with van der Waals surface area (Å²) in [6.45, 7) is 8.32. The number of fused-ring (bicyclic) bond motifs is 1. The maximum absolute atomic E-state index is 13.8. The van der Waals surface area contributed by atoms with Gasteiger partial charge in [-0.3, -0.25) is 0 Å². The molecule has 0 bridgehead atoms. The molecular weight excluding hydrogens is 399 g/mol. The number of halogens is 1. The highest BCUT2D eigenvalue weighted by atomic mass is 19.1. The Hall–Kier alpha value is -2.84. The van der Waals surface area contributed by atoms with E-state index in [2.05, 4.69) is 27.4 Å². The molecule has 1 saturated heterocycles. The number of benzene rings is 2. The summed E-state index contributed by atoms with van der Waals surface area (Å²) in [6.07, 6.45) is 0.468. The molecule has 2 aromatic rings. The molecule has 2 aliphatic rings. The smallest absolute Gasteiger partial charge is 0.319 e. The van der Waals surface area contributed by atoms with Crippen molar-refractivity contribution >= 4 is 17.4 Å². The number of carbonyl (C=O) groups excluding carboxylic acids is 1. The van der Waals surface area contributed by atoms with Gasteiger partial charge in [-0.05, 0) is 54.9 Å². The summed E-state index contributed by atoms with van der Waals surface area (Å²) in [5.41, 5.74) is 3.33. The van der Waals surface area contributed by atoms with Crippen LogP contribution in [0, 0.1) is 5.82 Å². The fraction of sp³-hybridized carbons (Fsp3) is 0.435. The molecule has 0 aromatic heterocycles. The predicted octanol–water partition coefficient (Wildman–Crippen LogP) is 3.20. The number of amides is 2. The number of ether oxygens (including phenoxy) is 2. The van der Waals surface area contributed by atoms with Crippen molar-refractivity contribution in [3.05, 3.63) is 53.3 Å². The second kappa shape index (κ2) is 9.98. The fourth-order valence-corrected chi connectivity index (χ4v) is 4.01. The number of nitrogens with one attached hydrogen (secondary N) is 2. The van der Waals surface area contributed by atoms with Crippen LogP contribution in [0.3, 0.4) is 0 Å². The van der Waals surface area contributed by atoms with Gasteiger partial charge in [-0.25, -0.2) is 9.18 Å². The molecule has 1 fully saturated rings. The lowest BCUT2D eigenvalue weighted by Gasteiger charge is -2.35. The van der Waals surface area contributed by atoms with Crippen LogP contribution in [0.4, 0.5) is 20.6 Å². The third kappa shape index (κ3) is 5.45. The lowest BCUT2D eigenvalue weighted by Crippen LogP contribution is -2.46. The molecular formula is C23H29FN4O3. The minimum Gasteiger partial charge on any atom is -0.467 e. The predicted molar refractivity (Wildman–Crippen MR) is 118 cm³/mol. The minimum atomic E-state index is -0.330. The first-order chi connectivity index (χ1) is 15.1. The van der Waals surface area contributed by atoms with Crippen molar-refractivity contribution in [3.8, 4) is 5.75 Å². The van der Waals surface area contributed by atoms with Crippen LogP contribution in [0.15, 0.2) is 36.4 Å². The average molecular weight is 429 g/mol. The van der Waals surface area contributed by atoms with Gasteiger partial charge in [0.2, 0.25) is 0 Å². The summed E-state index contributed by atoms with van der Waals surface area (Å²) in [5, 5.41) is 5.67. The second-order valence-electron chi connectivity index (χ2n) is 7.76. The van der Waals surface area contributed by atoms with Gasteiger partial charge in [-0.15, -0.1) is 0 Å². The molecule has 2 N–H and O–H groups in total. The van der Waals surface area contributed by atoms with E-state index in [-0.39, 0.29) is 18.6 Å². The Kier molecular flexibility index (Phi) is 6.89. The zero-order chi connectivity index (χ0) is 21.6. The van der Waals surface area contributed by atoms with Gasteiger partial charge in [-0.1, -0.05) is 6.92 Å². The Morgan fingerprint density at radius 1 is 1.13 bits per heavy atom. The van der Waals surface area contributed by atoms with Gasteiger partial charge in [0.05, 0.1) is 6.61 Å². The van der Waals surface area contributed by atoms with Gasteiger partial charge in [0, 0.05) is 49.7 Å². The van der Waals surface area contributed by atoms with E-state index >= 15 is 0 Å². The molecule has 0 radical (unpaired) electrons. The third-order valence-corrected chi connectivity index (χ3v) is 5.74. The first kappa shape index (κ1) is 21.4. The lowest BCUT2D eigenvalue weighted by atomic mass is 10.1. The topological polar surface area (TPSA) is 66.1 Å². The standard InChI is InChI=1S/C23H29FN4O3/c1-2-27-9-11-28(12-10-27)21-5-3-20(4-6-21)26-23(29)25-8-7-17-13-19(24)14-18-15-30-16-31-22(17)18/h3-6,13-14H,2,7-12,15-16H2,1H3,(H2,25,26,29). The Morgan fingerprint density at radius 3 is 2.65 bits per heavy atom. The van der Waals surface area contributed by atoms with Crippen molar-refractivity contribution in [1.82, 2.24) is 10.2 Å². The van der Waals surface area contributed by atoms with Gasteiger partial charge in [0.15, 0.2) is 6.79 Å². The molecule has 2 heterocycles. The molecule has 4 rings (SSSR count). The minimum absolute atomic E-state index is 0.157. The molecule has 166 valence electrons. The van der Waals surface area contributed by atoms with Crippen LogP contribution < -0.4 is 20.3 Å². The number of carbonyl (C=O) groups is 1. The van der Waals surface area contributed by atoms with E-state index in [0.29, 0.717) is 30.9 Å². The van der Waals surface area contributed by atoms with Crippen molar-refractivity contribution < 1.29 is 18.7 Å². The highest BCUT2D eigenvalue weighted by Crippen LogP contribution is 2.29. The third-order valence-electron chi connectivity index (χ3n) is 5.74. The van der Waals surface area contributed by atoms with Crippen LogP contribution in [0.1, 0.15) is 18.1 Å². The van der Waals surface area contributed by atoms with Crippen LogP contribution >= 0.6 is 0 Å². The van der Waals surface area contributed by atoms with Crippen LogP contribution in [0.25, 0.3) is 0 Å². The van der Waals surface area contributed by atoms with Gasteiger partial charge in [-0.2, -0.15) is 0 Å². The van der Waals surface area contributed by atoms with Crippen molar-refractivity contribution in [2.75, 3.05) is 56.3 Å². The van der Waals surface area contributed by atoms with Crippen LogP contribution in [-0.2, 0) is 17.8 Å². The summed E-state index contributed by atoms with van der Waals surface area (Å²) in [4.78, 5) is 17.1. The Bertz CT molecular complexity index is 898. The number of anilines is 2. The number of urea groups is 1. The normalized spacial score (nSPS) is 16.4. The van der Waals surface area contributed by atoms with Crippen molar-refractivity contribution in [2.45, 2.75) is 20.0 Å². The van der Waals surface area contributed by atoms with Gasteiger partial charge >= 0.3 is 6.03 Å². The van der Waals surface area contributed by atoms with E-state index in [1.54, 1.807) is 0 Å². The Balaban J connectivity index is 1.26. The molecule has 2 amide bonds. The van der Waals surface area contributed by atoms with Crippen molar-refractivity contribution in [1.29, 1.82) is 0 Å². The maximum Gasteiger partial charge on any atom is 0.319 e. The molecule has 0 saturated carbocycles. The van der Waals surface area contributed by atoms with Crippen molar-refractivity contribution in [2.24, 2.45) is 0 Å². The van der Waals surface area contributed by atoms with E-state index in [1.807, 2.05) is 24.3 Å². The number of hydrogen-bond donors (Lipinski definition) is 2. The fourth-order valence-electron chi connectivity index (χ4n) is 4.01. The lowest BCUT2D eigenvalue weighted by molar-refractivity contribution is -0.0172. The van der Waals surface area contributed by atoms with Crippen LogP contribution in [0.5, 0.6) is 5.75 Å². The molecule has 7 nitrogen and oxygen atoms in total. The number of nitrogens with zero attached hydrogens (tertiary/aromatic N) is 2. The molecule has 0 spiro atoms. The number of rotatable bonds is 6. The SMILES string of the molecule is CCN1CCN(c2ccc(NC(=O)NCCc3cc(F)cc4c3OCOC4)cc2)CC1. The van der Waals surface area contributed by atoms with E-state index in [1.165, 1.54) is 17.8 Å². The quantitative estimate of drug-likeness (QED) is 0.740. The summed E-state index contributed by atoms with van der Waals surface area (Å²) >= 11 is 0. The first-order valence-electron chi connectivity index (χ1n) is 10.8. The molecule has 31 heavy (non-hydrogen) atoms. The molecule has 2 aliphatic heterocycles. The van der Waals surface area contributed by atoms with E-state index in [9.17, 15) is 9.18 Å². The first-order valence-corrected chi connectivity index (χ1v) is 10.8. The summed E-state index contributed by atoms with van der Waals surface area (Å²) < 4.78 is 24.5. The Morgan fingerprint density at radius 2 is 1.90 bits per heavy atom. The van der Waals surface area contributed by atoms with E-state index in [4.69, 9.17) is 9.47 Å². The second-order valence-corrected chi connectivity index (χ2v) is 7.76. The Labute approximate surface area is 182 Å². The maximum atomic E-state index is 13.8. The molecule has 2 aromatic carbocycles. The molecule has 0 aliphatic carbocycles. The highest BCUT2D eigenvalue weighted by molar-refractivity contribution is 5.89. The zero-order valence-corrected chi connectivity index (χ0v) is 17.8. The number of piperazine rings is 1. The van der Waals surface area contributed by atoms with E-state index < -0.39 is 0 Å². The monoisotopic (exact) mass is 428 g/mol. The molecule has 0 atom stereocenters. The van der Waals surface area contributed by atoms with Crippen LogP contribution in [-0.4, -0.2) is 57.0 Å². The highest BCUT2D eigenvalue weighted by Gasteiger charge is 2.17. The largest absolute Gasteiger partial charge is 0.467 e. The summed E-state index contributed by atoms with van der Waals surface area (Å²) in [6, 6.07) is 10.5. The number of hydrogen-bond acceptors (Lipinski definition) is 5. The average Bonchev–Trinajstić information content (AvgIpc) is 2.79. The van der Waals surface area contributed by atoms with Gasteiger partial charge < -0.3 is 29.9 Å².